The van der Waals surface area contributed by atoms with E-state index in [0.29, 0.717) is 11.3 Å². The number of rotatable bonds is 1. The minimum absolute atomic E-state index is 0.553. The van der Waals surface area contributed by atoms with Crippen molar-refractivity contribution in [1.82, 2.24) is 0 Å². The van der Waals surface area contributed by atoms with Gasteiger partial charge >= 0.3 is 0 Å². The molecule has 0 amide bonds. The molecule has 0 atom stereocenters. The molecule has 0 saturated carbocycles. The maximum absolute atomic E-state index is 9.27. The van der Waals surface area contributed by atoms with E-state index in [-0.39, 0.29) is 0 Å². The average Bonchev–Trinajstić information content (AvgIpc) is 2.43. The van der Waals surface area contributed by atoms with E-state index in [1.54, 1.807) is 18.9 Å². The van der Waals surface area contributed by atoms with E-state index in [0.717, 1.165) is 16.3 Å². The third-order valence-electron chi connectivity index (χ3n) is 2.83. The van der Waals surface area contributed by atoms with Crippen LogP contribution < -0.4 is 10.1 Å². The summed E-state index contributed by atoms with van der Waals surface area (Å²) < 4.78 is 5.22. The van der Waals surface area contributed by atoms with Crippen molar-refractivity contribution in [3.8, 4) is 11.8 Å². The fraction of sp³-hybridized carbons (Fsp3) is 0.0714. The Balaban J connectivity index is 2.16. The van der Waals surface area contributed by atoms with Gasteiger partial charge < -0.3 is 10.1 Å². The molecule has 18 heavy (non-hydrogen) atoms. The molecular weight excluding hydrogens is 244 g/mol. The third kappa shape index (κ3) is 1.60. The van der Waals surface area contributed by atoms with Crippen LogP contribution in [0.1, 0.15) is 5.56 Å². The fourth-order valence-corrected chi connectivity index (χ4v) is 2.97. The zero-order chi connectivity index (χ0) is 12.5. The van der Waals surface area contributed by atoms with Crippen LogP contribution in [0.3, 0.4) is 0 Å². The first-order valence-electron chi connectivity index (χ1n) is 5.48. The minimum atomic E-state index is 0.553. The number of ether oxygens (including phenoxy) is 1. The van der Waals surface area contributed by atoms with Gasteiger partial charge in [-0.05, 0) is 24.3 Å². The lowest BCUT2D eigenvalue weighted by molar-refractivity contribution is 0.413. The molecule has 4 heteroatoms. The highest BCUT2D eigenvalue weighted by Crippen LogP contribution is 2.47. The Hall–Kier alpha value is -2.12. The van der Waals surface area contributed by atoms with Crippen LogP contribution in [-0.4, -0.2) is 7.11 Å². The second kappa shape index (κ2) is 4.28. The number of hydrogen-bond acceptors (Lipinski definition) is 4. The summed E-state index contributed by atoms with van der Waals surface area (Å²) in [4.78, 5) is 2.21. The van der Waals surface area contributed by atoms with E-state index in [4.69, 9.17) is 4.74 Å². The van der Waals surface area contributed by atoms with Crippen LogP contribution in [0.25, 0.3) is 0 Å². The molecule has 0 bridgehead atoms. The number of nitrogens with one attached hydrogen (secondary N) is 1. The SMILES string of the molecule is COc1ccc2c(c1C#N)Nc1ccccc1S2. The van der Waals surface area contributed by atoms with Crippen LogP contribution in [0, 0.1) is 11.3 Å². The summed E-state index contributed by atoms with van der Waals surface area (Å²) in [6, 6.07) is 14.1. The number of hydrogen-bond donors (Lipinski definition) is 1. The Morgan fingerprint density at radius 3 is 2.78 bits per heavy atom. The Labute approximate surface area is 109 Å². The lowest BCUT2D eigenvalue weighted by Gasteiger charge is -2.22. The molecule has 0 aromatic heterocycles. The largest absolute Gasteiger partial charge is 0.495 e. The number of methoxy groups -OCH3 is 1. The Morgan fingerprint density at radius 2 is 2.00 bits per heavy atom. The molecule has 2 aromatic carbocycles. The normalized spacial score (nSPS) is 11.8. The highest BCUT2D eigenvalue weighted by atomic mass is 32.2. The van der Waals surface area contributed by atoms with Crippen molar-refractivity contribution < 1.29 is 4.74 Å². The van der Waals surface area contributed by atoms with Crippen LogP contribution in [-0.2, 0) is 0 Å². The van der Waals surface area contributed by atoms with E-state index in [2.05, 4.69) is 17.5 Å². The van der Waals surface area contributed by atoms with Crippen LogP contribution in [0.2, 0.25) is 0 Å². The molecule has 0 spiro atoms. The first-order valence-corrected chi connectivity index (χ1v) is 6.30. The number of nitrogens with zero attached hydrogens (tertiary/aromatic N) is 1. The van der Waals surface area contributed by atoms with Crippen molar-refractivity contribution in [2.24, 2.45) is 0 Å². The van der Waals surface area contributed by atoms with Crippen molar-refractivity contribution in [3.05, 3.63) is 42.0 Å². The van der Waals surface area contributed by atoms with Crippen LogP contribution in [0.15, 0.2) is 46.2 Å². The van der Waals surface area contributed by atoms with Gasteiger partial charge in [0, 0.05) is 9.79 Å². The topological polar surface area (TPSA) is 45.0 Å². The van der Waals surface area contributed by atoms with E-state index in [1.165, 1.54) is 4.90 Å². The molecule has 0 aliphatic carbocycles. The molecule has 0 radical (unpaired) electrons. The molecule has 0 unspecified atom stereocenters. The summed E-state index contributed by atoms with van der Waals surface area (Å²) in [5.41, 5.74) is 2.41. The van der Waals surface area contributed by atoms with Gasteiger partial charge in [-0.1, -0.05) is 23.9 Å². The standard InChI is InChI=1S/C14H10N2OS/c1-17-11-6-7-13-14(9(11)8-15)16-10-4-2-3-5-12(10)18-13/h2-7,16H,1H3. The van der Waals surface area contributed by atoms with Crippen molar-refractivity contribution in [3.63, 3.8) is 0 Å². The van der Waals surface area contributed by atoms with E-state index in [9.17, 15) is 5.26 Å². The average molecular weight is 254 g/mol. The lowest BCUT2D eigenvalue weighted by atomic mass is 10.1. The van der Waals surface area contributed by atoms with Crippen molar-refractivity contribution >= 4 is 23.1 Å². The van der Waals surface area contributed by atoms with Gasteiger partial charge in [0.05, 0.1) is 18.5 Å². The highest BCUT2D eigenvalue weighted by Gasteiger charge is 2.20. The minimum Gasteiger partial charge on any atom is -0.495 e. The van der Waals surface area contributed by atoms with Crippen molar-refractivity contribution in [1.29, 1.82) is 5.26 Å². The molecule has 1 heterocycles. The maximum atomic E-state index is 9.27. The molecule has 3 nitrogen and oxygen atoms in total. The number of fused-ring (bicyclic) bond motifs is 2. The van der Waals surface area contributed by atoms with Crippen LogP contribution in [0.4, 0.5) is 11.4 Å². The van der Waals surface area contributed by atoms with Gasteiger partial charge in [0.25, 0.3) is 0 Å². The summed E-state index contributed by atoms with van der Waals surface area (Å²) in [5.74, 6) is 0.601. The summed E-state index contributed by atoms with van der Waals surface area (Å²) in [7, 11) is 1.58. The molecule has 88 valence electrons. The van der Waals surface area contributed by atoms with E-state index < -0.39 is 0 Å². The first kappa shape index (κ1) is 11.0. The molecule has 0 fully saturated rings. The second-order valence-electron chi connectivity index (χ2n) is 3.85. The number of anilines is 2. The number of nitriles is 1. The lowest BCUT2D eigenvalue weighted by Crippen LogP contribution is -2.03. The molecule has 0 saturated heterocycles. The molecule has 1 aliphatic heterocycles. The van der Waals surface area contributed by atoms with Gasteiger partial charge in [-0.3, -0.25) is 0 Å². The molecule has 1 N–H and O–H groups in total. The fourth-order valence-electron chi connectivity index (χ4n) is 1.97. The van der Waals surface area contributed by atoms with Crippen LogP contribution >= 0.6 is 11.8 Å². The second-order valence-corrected chi connectivity index (χ2v) is 4.93. The van der Waals surface area contributed by atoms with Crippen molar-refractivity contribution in [2.45, 2.75) is 9.79 Å². The van der Waals surface area contributed by atoms with E-state index >= 15 is 0 Å². The maximum Gasteiger partial charge on any atom is 0.138 e. The molecule has 2 aromatic rings. The highest BCUT2D eigenvalue weighted by molar-refractivity contribution is 7.99. The summed E-state index contributed by atoms with van der Waals surface area (Å²) in [6.07, 6.45) is 0. The van der Waals surface area contributed by atoms with Gasteiger partial charge in [-0.2, -0.15) is 5.26 Å². The summed E-state index contributed by atoms with van der Waals surface area (Å²) in [5, 5.41) is 12.6. The van der Waals surface area contributed by atoms with Crippen molar-refractivity contribution in [2.75, 3.05) is 12.4 Å². The molecule has 3 rings (SSSR count). The molecular formula is C14H10N2OS. The van der Waals surface area contributed by atoms with Gasteiger partial charge in [-0.25, -0.2) is 0 Å². The zero-order valence-corrected chi connectivity index (χ0v) is 10.5. The smallest absolute Gasteiger partial charge is 0.138 e. The summed E-state index contributed by atoms with van der Waals surface area (Å²) in [6.45, 7) is 0. The van der Waals surface area contributed by atoms with Gasteiger partial charge in [0.15, 0.2) is 0 Å². The van der Waals surface area contributed by atoms with Gasteiger partial charge in [-0.15, -0.1) is 0 Å². The van der Waals surface area contributed by atoms with Gasteiger partial charge in [0.2, 0.25) is 0 Å². The number of para-hydroxylation sites is 1. The van der Waals surface area contributed by atoms with Gasteiger partial charge in [0.1, 0.15) is 17.4 Å². The quantitative estimate of drug-likeness (QED) is 0.718. The summed E-state index contributed by atoms with van der Waals surface area (Å²) >= 11 is 1.66. The Morgan fingerprint density at radius 1 is 1.17 bits per heavy atom. The predicted octanol–water partition coefficient (Wildman–Crippen LogP) is 3.78. The van der Waals surface area contributed by atoms with E-state index in [1.807, 2.05) is 30.3 Å². The predicted molar refractivity (Wildman–Crippen MR) is 71.6 cm³/mol. The Bertz CT molecular complexity index is 661. The monoisotopic (exact) mass is 254 g/mol. The molecule has 1 aliphatic rings. The Kier molecular flexibility index (Phi) is 2.62. The zero-order valence-electron chi connectivity index (χ0n) is 9.73. The van der Waals surface area contributed by atoms with Crippen LogP contribution in [0.5, 0.6) is 5.75 Å². The first-order chi connectivity index (χ1) is 8.83. The third-order valence-corrected chi connectivity index (χ3v) is 3.96. The number of benzene rings is 2.